The van der Waals surface area contributed by atoms with Gasteiger partial charge >= 0.3 is 0 Å². The van der Waals surface area contributed by atoms with Crippen LogP contribution in [-0.4, -0.2) is 77.1 Å². The molecule has 2 saturated heterocycles. The van der Waals surface area contributed by atoms with E-state index >= 15 is 0 Å². The van der Waals surface area contributed by atoms with Gasteiger partial charge in [0.25, 0.3) is 11.8 Å². The standard InChI is InChI=1S/C36H39N7O4/c1-41-29-22-27(42-19-16-36(17-20-42)15-8-18-43(35(36)46)23-26-11-6-3-7-12-26)13-14-30(29)47-24-28(34(41)45)37-33(44)32-38-31(39-40-32)21-25-9-4-2-5-10-25/h2-7,9-14,22,28H,8,15-21,23-24H2,1H3,(H,37,44)(H,38,39,40)/t28-/m1/s1. The van der Waals surface area contributed by atoms with Crippen LogP contribution in [0.1, 0.15) is 53.3 Å². The number of ether oxygens (including phenoxy) is 1. The molecular formula is C36H39N7O4. The second kappa shape index (κ2) is 12.9. The van der Waals surface area contributed by atoms with E-state index in [2.05, 4.69) is 37.5 Å². The number of carbonyl (C=O) groups excluding carboxylic acids is 3. The number of hydrogen-bond acceptors (Lipinski definition) is 7. The Hall–Kier alpha value is -5.19. The van der Waals surface area contributed by atoms with Gasteiger partial charge in [-0.25, -0.2) is 4.98 Å². The van der Waals surface area contributed by atoms with Crippen molar-refractivity contribution in [2.45, 2.75) is 44.7 Å². The summed E-state index contributed by atoms with van der Waals surface area (Å²) in [5, 5.41) is 9.63. The van der Waals surface area contributed by atoms with Crippen LogP contribution < -0.4 is 19.9 Å². The zero-order chi connectivity index (χ0) is 32.4. The molecular weight excluding hydrogens is 594 g/mol. The number of benzene rings is 3. The minimum Gasteiger partial charge on any atom is -0.489 e. The molecule has 4 heterocycles. The van der Waals surface area contributed by atoms with Gasteiger partial charge in [-0.2, -0.15) is 0 Å². The van der Waals surface area contributed by atoms with Crippen molar-refractivity contribution in [1.29, 1.82) is 0 Å². The van der Waals surface area contributed by atoms with Gasteiger partial charge < -0.3 is 24.8 Å². The van der Waals surface area contributed by atoms with Crippen LogP contribution in [0.5, 0.6) is 5.75 Å². The van der Waals surface area contributed by atoms with Crippen LogP contribution in [0, 0.1) is 5.41 Å². The van der Waals surface area contributed by atoms with Crippen molar-refractivity contribution in [2.75, 3.05) is 43.1 Å². The van der Waals surface area contributed by atoms with E-state index in [-0.39, 0.29) is 29.7 Å². The first-order chi connectivity index (χ1) is 22.9. The lowest BCUT2D eigenvalue weighted by atomic mass is 9.71. The number of piperidine rings is 2. The number of nitrogens with zero attached hydrogens (tertiary/aromatic N) is 5. The fraction of sp³-hybridized carbons (Fsp3) is 0.361. The number of hydrogen-bond donors (Lipinski definition) is 2. The number of likely N-dealkylation sites (tertiary alicyclic amines) is 1. The number of carbonyl (C=O) groups is 3. The molecule has 1 atom stereocenters. The minimum absolute atomic E-state index is 0.0175. The minimum atomic E-state index is -0.912. The van der Waals surface area contributed by atoms with Crippen molar-refractivity contribution in [3.63, 3.8) is 0 Å². The second-order valence-corrected chi connectivity index (χ2v) is 12.7. The number of aromatic amines is 1. The number of likely N-dealkylation sites (N-methyl/N-ethyl adjacent to an activating group) is 1. The molecule has 3 aliphatic rings. The van der Waals surface area contributed by atoms with Gasteiger partial charge in [0.1, 0.15) is 24.2 Å². The Morgan fingerprint density at radius 3 is 2.43 bits per heavy atom. The molecule has 47 heavy (non-hydrogen) atoms. The van der Waals surface area contributed by atoms with Crippen LogP contribution >= 0.6 is 0 Å². The van der Waals surface area contributed by atoms with Gasteiger partial charge in [0.05, 0.1) is 11.1 Å². The Bertz CT molecular complexity index is 1750. The van der Waals surface area contributed by atoms with Crippen molar-refractivity contribution >= 4 is 29.1 Å². The highest BCUT2D eigenvalue weighted by Crippen LogP contribution is 2.43. The number of aromatic nitrogens is 3. The lowest BCUT2D eigenvalue weighted by Gasteiger charge is -2.47. The Morgan fingerprint density at radius 1 is 0.957 bits per heavy atom. The van der Waals surface area contributed by atoms with Crippen molar-refractivity contribution in [2.24, 2.45) is 5.41 Å². The summed E-state index contributed by atoms with van der Waals surface area (Å²) >= 11 is 0. The average molecular weight is 634 g/mol. The maximum absolute atomic E-state index is 13.7. The first kappa shape index (κ1) is 30.5. The highest BCUT2D eigenvalue weighted by Gasteiger charge is 2.45. The van der Waals surface area contributed by atoms with Crippen LogP contribution in [0.15, 0.2) is 78.9 Å². The van der Waals surface area contributed by atoms with Crippen LogP contribution in [0.25, 0.3) is 0 Å². The van der Waals surface area contributed by atoms with Crippen LogP contribution in [0.2, 0.25) is 0 Å². The maximum Gasteiger partial charge on any atom is 0.291 e. The van der Waals surface area contributed by atoms with E-state index in [1.165, 1.54) is 4.90 Å². The maximum atomic E-state index is 13.7. The van der Waals surface area contributed by atoms with E-state index in [1.807, 2.05) is 71.6 Å². The number of fused-ring (bicyclic) bond motifs is 1. The highest BCUT2D eigenvalue weighted by atomic mass is 16.5. The fourth-order valence-corrected chi connectivity index (χ4v) is 7.04. The van der Waals surface area contributed by atoms with Gasteiger partial charge in [0.15, 0.2) is 0 Å². The predicted molar refractivity (Wildman–Crippen MR) is 177 cm³/mol. The van der Waals surface area contributed by atoms with Gasteiger partial charge in [-0.15, -0.1) is 5.10 Å². The third-order valence-corrected chi connectivity index (χ3v) is 9.72. The Labute approximate surface area is 273 Å². The lowest BCUT2D eigenvalue weighted by molar-refractivity contribution is -0.148. The first-order valence-electron chi connectivity index (χ1n) is 16.3. The monoisotopic (exact) mass is 633 g/mol. The van der Waals surface area contributed by atoms with E-state index in [0.717, 1.165) is 62.1 Å². The summed E-state index contributed by atoms with van der Waals surface area (Å²) in [5.74, 6) is 0.527. The molecule has 1 aromatic heterocycles. The summed E-state index contributed by atoms with van der Waals surface area (Å²) in [6.07, 6.45) is 4.04. The van der Waals surface area contributed by atoms with E-state index in [9.17, 15) is 14.4 Å². The first-order valence-corrected chi connectivity index (χ1v) is 16.3. The van der Waals surface area contributed by atoms with E-state index in [1.54, 1.807) is 7.05 Å². The molecule has 3 amide bonds. The molecule has 1 spiro atoms. The van der Waals surface area contributed by atoms with Gasteiger partial charge in [0, 0.05) is 45.3 Å². The Kier molecular flexibility index (Phi) is 8.36. The van der Waals surface area contributed by atoms with Crippen molar-refractivity contribution in [3.05, 3.63) is 102 Å². The smallest absolute Gasteiger partial charge is 0.291 e. The summed E-state index contributed by atoms with van der Waals surface area (Å²) in [6.45, 7) is 2.95. The molecule has 4 aromatic rings. The molecule has 3 aromatic carbocycles. The van der Waals surface area contributed by atoms with Crippen molar-refractivity contribution < 1.29 is 19.1 Å². The van der Waals surface area contributed by atoms with Gasteiger partial charge in [-0.1, -0.05) is 60.7 Å². The largest absolute Gasteiger partial charge is 0.489 e. The fourth-order valence-electron chi connectivity index (χ4n) is 7.04. The molecule has 2 fully saturated rings. The highest BCUT2D eigenvalue weighted by molar-refractivity contribution is 6.02. The summed E-state index contributed by atoms with van der Waals surface area (Å²) in [6, 6.07) is 24.9. The van der Waals surface area contributed by atoms with Gasteiger partial charge in [-0.3, -0.25) is 19.5 Å². The van der Waals surface area contributed by atoms with Crippen LogP contribution in [0.4, 0.5) is 11.4 Å². The molecule has 0 aliphatic carbocycles. The zero-order valence-electron chi connectivity index (χ0n) is 26.5. The number of rotatable bonds is 7. The topological polar surface area (TPSA) is 124 Å². The Balaban J connectivity index is 0.983. The van der Waals surface area contributed by atoms with Gasteiger partial charge in [-0.05, 0) is 55.0 Å². The zero-order valence-corrected chi connectivity index (χ0v) is 26.5. The SMILES string of the molecule is CN1C(=O)[C@H](NC(=O)c2n[nH]c(Cc3ccccc3)n2)COc2ccc(N3CCC4(CCCN(Cc5ccccc5)C4=O)CC3)cc21. The summed E-state index contributed by atoms with van der Waals surface area (Å²) < 4.78 is 6.04. The molecule has 2 N–H and O–H groups in total. The molecule has 11 heteroatoms. The lowest BCUT2D eigenvalue weighted by Crippen LogP contribution is -2.53. The third kappa shape index (κ3) is 6.30. The average Bonchev–Trinajstić information content (AvgIpc) is 3.54. The van der Waals surface area contributed by atoms with Crippen LogP contribution in [-0.2, 0) is 22.6 Å². The van der Waals surface area contributed by atoms with Crippen LogP contribution in [0.3, 0.4) is 0 Å². The Morgan fingerprint density at radius 2 is 1.68 bits per heavy atom. The van der Waals surface area contributed by atoms with Gasteiger partial charge in [0.2, 0.25) is 11.7 Å². The summed E-state index contributed by atoms with van der Waals surface area (Å²) in [5.41, 5.74) is 3.49. The molecule has 0 radical (unpaired) electrons. The molecule has 7 rings (SSSR count). The predicted octanol–water partition coefficient (Wildman–Crippen LogP) is 3.96. The molecule has 0 bridgehead atoms. The second-order valence-electron chi connectivity index (χ2n) is 12.7. The van der Waals surface area contributed by atoms with E-state index < -0.39 is 11.9 Å². The molecule has 242 valence electrons. The molecule has 11 nitrogen and oxygen atoms in total. The van der Waals surface area contributed by atoms with Crippen molar-refractivity contribution in [3.8, 4) is 5.75 Å². The molecule has 0 unspecified atom stereocenters. The third-order valence-electron chi connectivity index (χ3n) is 9.72. The number of H-pyrrole nitrogens is 1. The number of amides is 3. The number of anilines is 2. The number of nitrogens with one attached hydrogen (secondary N) is 2. The summed E-state index contributed by atoms with van der Waals surface area (Å²) in [4.78, 5) is 50.5. The molecule has 3 aliphatic heterocycles. The summed E-state index contributed by atoms with van der Waals surface area (Å²) in [7, 11) is 1.69. The normalized spacial score (nSPS) is 19.3. The molecule has 0 saturated carbocycles. The van der Waals surface area contributed by atoms with E-state index in [4.69, 9.17) is 4.74 Å². The quantitative estimate of drug-likeness (QED) is 0.316. The van der Waals surface area contributed by atoms with E-state index in [0.29, 0.717) is 30.2 Å². The van der Waals surface area contributed by atoms with Crippen molar-refractivity contribution in [1.82, 2.24) is 25.4 Å².